The Morgan fingerprint density at radius 3 is 2.26 bits per heavy atom. The van der Waals surface area contributed by atoms with Crippen molar-refractivity contribution in [3.63, 3.8) is 0 Å². The molecule has 0 spiro atoms. The number of rotatable bonds is 4. The summed E-state index contributed by atoms with van der Waals surface area (Å²) >= 11 is 0. The average molecular weight is 302 g/mol. The van der Waals surface area contributed by atoms with Crippen LogP contribution in [0.4, 0.5) is 13.2 Å². The van der Waals surface area contributed by atoms with Gasteiger partial charge in [0.25, 0.3) is 0 Å². The van der Waals surface area contributed by atoms with Gasteiger partial charge in [0.05, 0.1) is 5.92 Å². The van der Waals surface area contributed by atoms with Crippen molar-refractivity contribution >= 4 is 9.84 Å². The van der Waals surface area contributed by atoms with Crippen molar-refractivity contribution in [2.24, 2.45) is 0 Å². The van der Waals surface area contributed by atoms with Gasteiger partial charge in [0.1, 0.15) is 5.25 Å². The summed E-state index contributed by atoms with van der Waals surface area (Å²) in [5.41, 5.74) is 0. The molecule has 0 aromatic carbocycles. The highest BCUT2D eigenvalue weighted by Gasteiger charge is 2.44. The van der Waals surface area contributed by atoms with Crippen LogP contribution in [0.15, 0.2) is 4.52 Å². The number of alkyl halides is 3. The van der Waals surface area contributed by atoms with Crippen LogP contribution in [0.5, 0.6) is 0 Å². The van der Waals surface area contributed by atoms with Crippen molar-refractivity contribution in [3.8, 4) is 0 Å². The van der Waals surface area contributed by atoms with E-state index in [-0.39, 0.29) is 5.82 Å². The zero-order chi connectivity index (χ0) is 15.0. The second-order valence-electron chi connectivity index (χ2n) is 4.24. The van der Waals surface area contributed by atoms with E-state index in [1.165, 1.54) is 6.92 Å². The van der Waals surface area contributed by atoms with E-state index < -0.39 is 39.2 Å². The molecule has 0 fully saturated rings. The number of sulfone groups is 1. The fraction of sp³-hybridized carbons (Fsp3) is 0.778. The van der Waals surface area contributed by atoms with E-state index in [2.05, 4.69) is 14.7 Å². The molecule has 0 aliphatic heterocycles. The first-order valence-corrected chi connectivity index (χ1v) is 7.17. The van der Waals surface area contributed by atoms with Crippen LogP contribution in [-0.4, -0.2) is 42.2 Å². The van der Waals surface area contributed by atoms with Crippen LogP contribution in [-0.2, 0) is 9.84 Å². The predicted molar refractivity (Wildman–Crippen MR) is 58.0 cm³/mol. The van der Waals surface area contributed by atoms with Gasteiger partial charge in [-0.2, -0.15) is 18.2 Å². The Hall–Kier alpha value is -1.16. The van der Waals surface area contributed by atoms with E-state index in [1.54, 1.807) is 0 Å². The van der Waals surface area contributed by atoms with Crippen LogP contribution in [0.25, 0.3) is 0 Å². The molecule has 3 atom stereocenters. The summed E-state index contributed by atoms with van der Waals surface area (Å²) in [6, 6.07) is 0. The third-order valence-electron chi connectivity index (χ3n) is 2.66. The zero-order valence-corrected chi connectivity index (χ0v) is 11.2. The summed E-state index contributed by atoms with van der Waals surface area (Å²) in [4.78, 5) is 3.59. The van der Waals surface area contributed by atoms with E-state index in [9.17, 15) is 21.6 Å². The first-order valence-electron chi connectivity index (χ1n) is 5.21. The minimum atomic E-state index is -4.82. The second kappa shape index (κ2) is 5.08. The van der Waals surface area contributed by atoms with Gasteiger partial charge in [-0.3, -0.25) is 0 Å². The lowest BCUT2D eigenvalue weighted by Crippen LogP contribution is -2.33. The lowest BCUT2D eigenvalue weighted by Gasteiger charge is -2.18. The number of aromatic nitrogens is 2. The largest absolute Gasteiger partial charge is 0.415 e. The first-order chi connectivity index (χ1) is 8.44. The van der Waals surface area contributed by atoms with E-state index in [1.807, 2.05) is 0 Å². The first kappa shape index (κ1) is 15.9. The van der Waals surface area contributed by atoms with Crippen LogP contribution in [0, 0.1) is 0 Å². The third-order valence-corrected chi connectivity index (χ3v) is 4.16. The molecule has 1 aromatic heterocycles. The van der Waals surface area contributed by atoms with Crippen molar-refractivity contribution in [1.29, 1.82) is 0 Å². The van der Waals surface area contributed by atoms with Gasteiger partial charge in [-0.25, -0.2) is 8.42 Å². The minimum absolute atomic E-state index is 0.237. The number of aliphatic hydroxyl groups is 1. The van der Waals surface area contributed by atoms with Gasteiger partial charge in [0.15, 0.2) is 21.8 Å². The smallest absolute Gasteiger partial charge is 0.383 e. The number of hydrogen-bond acceptors (Lipinski definition) is 6. The van der Waals surface area contributed by atoms with Gasteiger partial charge < -0.3 is 9.63 Å². The molecule has 0 bridgehead atoms. The van der Waals surface area contributed by atoms with E-state index in [0.717, 1.165) is 13.2 Å². The molecule has 110 valence electrons. The minimum Gasteiger partial charge on any atom is -0.383 e. The standard InChI is InChI=1S/C9H13F3N2O4S/c1-4(6(15)9(10,11)12)8-13-7(14-18-8)5(2)19(3,16)17/h4-6,15H,1-3H3. The van der Waals surface area contributed by atoms with Crippen molar-refractivity contribution in [3.05, 3.63) is 11.7 Å². The fourth-order valence-corrected chi connectivity index (χ4v) is 1.69. The molecule has 6 nitrogen and oxygen atoms in total. The number of aliphatic hydroxyl groups excluding tert-OH is 1. The van der Waals surface area contributed by atoms with Crippen molar-refractivity contribution < 1.29 is 31.2 Å². The number of hydrogen-bond donors (Lipinski definition) is 1. The molecule has 0 radical (unpaired) electrons. The molecule has 1 heterocycles. The monoisotopic (exact) mass is 302 g/mol. The molecule has 10 heteroatoms. The van der Waals surface area contributed by atoms with Crippen LogP contribution in [0.1, 0.15) is 36.7 Å². The third kappa shape index (κ3) is 3.66. The Morgan fingerprint density at radius 1 is 1.32 bits per heavy atom. The summed E-state index contributed by atoms with van der Waals surface area (Å²) in [5, 5.41) is 11.3. The van der Waals surface area contributed by atoms with Gasteiger partial charge in [-0.15, -0.1) is 0 Å². The summed E-state index contributed by atoms with van der Waals surface area (Å²) in [6.45, 7) is 2.34. The number of halogens is 3. The Bertz CT molecular complexity index is 540. The van der Waals surface area contributed by atoms with Crippen LogP contribution < -0.4 is 0 Å². The van der Waals surface area contributed by atoms with Crippen molar-refractivity contribution in [2.75, 3.05) is 6.26 Å². The SMILES string of the molecule is CC(c1nc(C(C)S(C)(=O)=O)no1)C(O)C(F)(F)F. The summed E-state index contributed by atoms with van der Waals surface area (Å²) in [6.07, 6.45) is -6.53. The predicted octanol–water partition coefficient (Wildman–Crippen LogP) is 1.20. The highest BCUT2D eigenvalue weighted by Crippen LogP contribution is 2.31. The van der Waals surface area contributed by atoms with Crippen molar-refractivity contribution in [1.82, 2.24) is 10.1 Å². The highest BCUT2D eigenvalue weighted by atomic mass is 32.2. The van der Waals surface area contributed by atoms with Gasteiger partial charge in [-0.05, 0) is 6.92 Å². The van der Waals surface area contributed by atoms with Gasteiger partial charge >= 0.3 is 6.18 Å². The van der Waals surface area contributed by atoms with Crippen LogP contribution >= 0.6 is 0 Å². The molecule has 1 rings (SSSR count). The summed E-state index contributed by atoms with van der Waals surface area (Å²) in [7, 11) is -3.49. The zero-order valence-electron chi connectivity index (χ0n) is 10.3. The lowest BCUT2D eigenvalue weighted by atomic mass is 10.1. The topological polar surface area (TPSA) is 93.3 Å². The average Bonchev–Trinajstić information content (AvgIpc) is 2.72. The maximum atomic E-state index is 12.3. The normalized spacial score (nSPS) is 18.1. The quantitative estimate of drug-likeness (QED) is 0.898. The molecule has 3 unspecified atom stereocenters. The molecule has 1 aromatic rings. The molecule has 0 saturated heterocycles. The molecular weight excluding hydrogens is 289 g/mol. The molecule has 0 aliphatic carbocycles. The maximum absolute atomic E-state index is 12.3. The molecule has 0 amide bonds. The molecular formula is C9H13F3N2O4S. The Labute approximate surface area is 107 Å². The Kier molecular flexibility index (Phi) is 4.25. The van der Waals surface area contributed by atoms with Gasteiger partial charge in [-0.1, -0.05) is 12.1 Å². The van der Waals surface area contributed by atoms with E-state index >= 15 is 0 Å². The van der Waals surface area contributed by atoms with E-state index in [0.29, 0.717) is 0 Å². The van der Waals surface area contributed by atoms with Gasteiger partial charge in [0.2, 0.25) is 5.89 Å². The second-order valence-corrected chi connectivity index (χ2v) is 6.60. The van der Waals surface area contributed by atoms with Crippen LogP contribution in [0.2, 0.25) is 0 Å². The molecule has 0 saturated carbocycles. The highest BCUT2D eigenvalue weighted by molar-refractivity contribution is 7.90. The molecule has 0 aliphatic rings. The molecule has 1 N–H and O–H groups in total. The Morgan fingerprint density at radius 2 is 1.84 bits per heavy atom. The fourth-order valence-electron chi connectivity index (χ4n) is 1.21. The summed E-state index contributed by atoms with van der Waals surface area (Å²) in [5.74, 6) is -2.18. The van der Waals surface area contributed by atoms with Crippen LogP contribution in [0.3, 0.4) is 0 Å². The summed E-state index contributed by atoms with van der Waals surface area (Å²) < 4.78 is 64.0. The van der Waals surface area contributed by atoms with Gasteiger partial charge in [0, 0.05) is 6.26 Å². The molecule has 19 heavy (non-hydrogen) atoms. The van der Waals surface area contributed by atoms with Crippen molar-refractivity contribution in [2.45, 2.75) is 37.3 Å². The lowest BCUT2D eigenvalue weighted by molar-refractivity contribution is -0.210. The maximum Gasteiger partial charge on any atom is 0.415 e. The number of nitrogens with zero attached hydrogens (tertiary/aromatic N) is 2. The Balaban J connectivity index is 2.98. The van der Waals surface area contributed by atoms with E-state index in [4.69, 9.17) is 5.11 Å².